The molecule has 5 rings (SSSR count). The van der Waals surface area contributed by atoms with Gasteiger partial charge < -0.3 is 5.32 Å². The molecule has 194 valence electrons. The highest BCUT2D eigenvalue weighted by Gasteiger charge is 2.30. The zero-order valence-electron chi connectivity index (χ0n) is 21.0. The third-order valence-corrected chi connectivity index (χ3v) is 7.83. The predicted octanol–water partition coefficient (Wildman–Crippen LogP) is 7.95. The molecule has 0 aromatic heterocycles. The highest BCUT2D eigenvalue weighted by molar-refractivity contribution is 6.08. The zero-order chi connectivity index (χ0) is 25.8. The van der Waals surface area contributed by atoms with Crippen LogP contribution in [0.5, 0.6) is 0 Å². The summed E-state index contributed by atoms with van der Waals surface area (Å²) < 4.78 is 38.9. The van der Waals surface area contributed by atoms with Crippen LogP contribution in [0.1, 0.15) is 65.6 Å². The number of anilines is 1. The van der Waals surface area contributed by atoms with Gasteiger partial charge in [0.1, 0.15) is 0 Å². The van der Waals surface area contributed by atoms with Gasteiger partial charge in [0.15, 0.2) is 0 Å². The van der Waals surface area contributed by atoms with Crippen molar-refractivity contribution in [2.45, 2.75) is 57.7 Å². The van der Waals surface area contributed by atoms with Gasteiger partial charge in [-0.25, -0.2) is 0 Å². The Morgan fingerprint density at radius 2 is 1.68 bits per heavy atom. The summed E-state index contributed by atoms with van der Waals surface area (Å²) in [5.74, 6) is 0.610. The van der Waals surface area contributed by atoms with E-state index < -0.39 is 11.7 Å². The van der Waals surface area contributed by atoms with Crippen LogP contribution >= 0.6 is 0 Å². The molecule has 0 bridgehead atoms. The summed E-state index contributed by atoms with van der Waals surface area (Å²) in [6.07, 6.45) is 4.80. The van der Waals surface area contributed by atoms with Crippen LogP contribution in [0.3, 0.4) is 0 Å². The zero-order valence-corrected chi connectivity index (χ0v) is 21.0. The maximum Gasteiger partial charge on any atom is 0.416 e. The Bertz CT molecular complexity index is 1230. The van der Waals surface area contributed by atoms with Crippen molar-refractivity contribution in [1.29, 1.82) is 0 Å². The number of rotatable bonds is 6. The summed E-state index contributed by atoms with van der Waals surface area (Å²) in [5.41, 5.74) is 4.20. The number of nitrogens with zero attached hydrogens (tertiary/aromatic N) is 1. The molecule has 1 heterocycles. The molecule has 0 atom stereocenters. The molecule has 3 nitrogen and oxygen atoms in total. The van der Waals surface area contributed by atoms with Crippen LogP contribution in [0.15, 0.2) is 66.7 Å². The SMILES string of the molecule is O=C(Nc1ccc2c(c1)CCN(CCC1CCCCC1)C2)c1ccccc1-c1ccc(C(F)(F)F)cc1. The molecule has 0 spiro atoms. The Balaban J connectivity index is 1.24. The first-order valence-corrected chi connectivity index (χ1v) is 13.3. The minimum atomic E-state index is -4.39. The van der Waals surface area contributed by atoms with Crippen molar-refractivity contribution in [3.05, 3.63) is 89.0 Å². The molecule has 1 amide bonds. The van der Waals surface area contributed by atoms with Crippen LogP contribution in [-0.4, -0.2) is 23.9 Å². The highest BCUT2D eigenvalue weighted by atomic mass is 19.4. The molecule has 2 aliphatic rings. The highest BCUT2D eigenvalue weighted by Crippen LogP contribution is 2.32. The predicted molar refractivity (Wildman–Crippen MR) is 141 cm³/mol. The minimum absolute atomic E-state index is 0.277. The van der Waals surface area contributed by atoms with Crippen molar-refractivity contribution in [1.82, 2.24) is 4.90 Å². The first-order valence-electron chi connectivity index (χ1n) is 13.3. The largest absolute Gasteiger partial charge is 0.416 e. The fraction of sp³-hybridized carbons (Fsp3) is 0.387. The molecule has 3 aromatic carbocycles. The molecule has 1 fully saturated rings. The Morgan fingerprint density at radius 3 is 2.43 bits per heavy atom. The van der Waals surface area contributed by atoms with Crippen LogP contribution in [0.25, 0.3) is 11.1 Å². The molecule has 1 N–H and O–H groups in total. The van der Waals surface area contributed by atoms with Gasteiger partial charge in [0, 0.05) is 24.3 Å². The van der Waals surface area contributed by atoms with E-state index in [0.29, 0.717) is 16.7 Å². The van der Waals surface area contributed by atoms with Gasteiger partial charge in [-0.05, 0) is 77.9 Å². The van der Waals surface area contributed by atoms with E-state index in [1.54, 1.807) is 24.3 Å². The van der Waals surface area contributed by atoms with Crippen LogP contribution in [-0.2, 0) is 19.1 Å². The van der Waals surface area contributed by atoms with E-state index in [1.807, 2.05) is 6.07 Å². The van der Waals surface area contributed by atoms with Gasteiger partial charge in [-0.1, -0.05) is 68.5 Å². The third kappa shape index (κ3) is 6.24. The molecule has 1 aliphatic carbocycles. The van der Waals surface area contributed by atoms with E-state index >= 15 is 0 Å². The second-order valence-electron chi connectivity index (χ2n) is 10.4. The number of amides is 1. The van der Waals surface area contributed by atoms with Crippen LogP contribution < -0.4 is 5.32 Å². The summed E-state index contributed by atoms with van der Waals surface area (Å²) in [6.45, 7) is 3.14. The van der Waals surface area contributed by atoms with E-state index in [4.69, 9.17) is 0 Å². The number of halogens is 3. The van der Waals surface area contributed by atoms with Gasteiger partial charge in [0.2, 0.25) is 0 Å². The van der Waals surface area contributed by atoms with E-state index in [1.165, 1.54) is 61.8 Å². The van der Waals surface area contributed by atoms with Gasteiger partial charge in [-0.15, -0.1) is 0 Å². The standard InChI is InChI=1S/C31H33F3N2O/c32-31(33,34)26-13-10-23(11-14-26)28-8-4-5-9-29(28)30(37)35-27-15-12-25-21-36(19-17-24(25)20-27)18-16-22-6-2-1-3-7-22/h4-5,8-15,20,22H,1-3,6-7,16-19,21H2,(H,35,37). The average molecular weight is 507 g/mol. The molecule has 3 aromatic rings. The summed E-state index contributed by atoms with van der Waals surface area (Å²) in [7, 11) is 0. The molecule has 6 heteroatoms. The Kier molecular flexibility index (Phi) is 7.65. The number of fused-ring (bicyclic) bond motifs is 1. The monoisotopic (exact) mass is 506 g/mol. The summed E-state index contributed by atoms with van der Waals surface area (Å²) in [6, 6.07) is 18.0. The Hall–Kier alpha value is -3.12. The molecule has 0 saturated heterocycles. The van der Waals surface area contributed by atoms with E-state index in [0.717, 1.165) is 49.8 Å². The molecule has 1 aliphatic heterocycles. The normalized spacial score (nSPS) is 16.8. The summed E-state index contributed by atoms with van der Waals surface area (Å²) >= 11 is 0. The Morgan fingerprint density at radius 1 is 0.919 bits per heavy atom. The lowest BCUT2D eigenvalue weighted by atomic mass is 9.86. The first-order chi connectivity index (χ1) is 17.9. The van der Waals surface area contributed by atoms with Gasteiger partial charge in [0.05, 0.1) is 5.56 Å². The summed E-state index contributed by atoms with van der Waals surface area (Å²) in [4.78, 5) is 15.7. The van der Waals surface area contributed by atoms with Gasteiger partial charge in [-0.2, -0.15) is 13.2 Å². The van der Waals surface area contributed by atoms with Crippen molar-refractivity contribution in [2.24, 2.45) is 5.92 Å². The average Bonchev–Trinajstić information content (AvgIpc) is 2.92. The van der Waals surface area contributed by atoms with Crippen LogP contribution in [0.4, 0.5) is 18.9 Å². The van der Waals surface area contributed by atoms with Crippen molar-refractivity contribution < 1.29 is 18.0 Å². The maximum atomic E-state index is 13.2. The lowest BCUT2D eigenvalue weighted by Crippen LogP contribution is -2.32. The van der Waals surface area contributed by atoms with Crippen molar-refractivity contribution >= 4 is 11.6 Å². The van der Waals surface area contributed by atoms with Crippen molar-refractivity contribution in [3.63, 3.8) is 0 Å². The number of carbonyl (C=O) groups is 1. The topological polar surface area (TPSA) is 32.3 Å². The quantitative estimate of drug-likeness (QED) is 0.368. The fourth-order valence-corrected chi connectivity index (χ4v) is 5.69. The molecular formula is C31H33F3N2O. The molecular weight excluding hydrogens is 473 g/mol. The molecule has 0 unspecified atom stereocenters. The second kappa shape index (κ2) is 11.1. The number of carbonyl (C=O) groups excluding carboxylic acids is 1. The van der Waals surface area contributed by atoms with Gasteiger partial charge >= 0.3 is 6.18 Å². The number of alkyl halides is 3. The number of hydrogen-bond acceptors (Lipinski definition) is 2. The molecule has 1 saturated carbocycles. The fourth-order valence-electron chi connectivity index (χ4n) is 5.69. The number of nitrogens with one attached hydrogen (secondary N) is 1. The molecule has 0 radical (unpaired) electrons. The van der Waals surface area contributed by atoms with E-state index in [-0.39, 0.29) is 5.91 Å². The molecule has 37 heavy (non-hydrogen) atoms. The third-order valence-electron chi connectivity index (χ3n) is 7.83. The maximum absolute atomic E-state index is 13.2. The van der Waals surface area contributed by atoms with Crippen LogP contribution in [0.2, 0.25) is 0 Å². The Labute approximate surface area is 216 Å². The van der Waals surface area contributed by atoms with E-state index in [9.17, 15) is 18.0 Å². The smallest absolute Gasteiger partial charge is 0.322 e. The first kappa shape index (κ1) is 25.5. The van der Waals surface area contributed by atoms with Crippen molar-refractivity contribution in [2.75, 3.05) is 18.4 Å². The van der Waals surface area contributed by atoms with Gasteiger partial charge in [-0.3, -0.25) is 9.69 Å². The van der Waals surface area contributed by atoms with Gasteiger partial charge in [0.25, 0.3) is 5.91 Å². The summed E-state index contributed by atoms with van der Waals surface area (Å²) in [5, 5.41) is 3.00. The minimum Gasteiger partial charge on any atom is -0.322 e. The van der Waals surface area contributed by atoms with E-state index in [2.05, 4.69) is 22.3 Å². The lowest BCUT2D eigenvalue weighted by molar-refractivity contribution is -0.137. The number of hydrogen-bond donors (Lipinski definition) is 1. The number of benzene rings is 3. The lowest BCUT2D eigenvalue weighted by Gasteiger charge is -2.31. The van der Waals surface area contributed by atoms with Crippen LogP contribution in [0, 0.1) is 5.92 Å². The van der Waals surface area contributed by atoms with Crippen molar-refractivity contribution in [3.8, 4) is 11.1 Å². The second-order valence-corrected chi connectivity index (χ2v) is 10.4.